The predicted molar refractivity (Wildman–Crippen MR) is 52.3 cm³/mol. The third-order valence-corrected chi connectivity index (χ3v) is 2.56. The summed E-state index contributed by atoms with van der Waals surface area (Å²) in [5.74, 6) is 0.103. The first-order chi connectivity index (χ1) is 6.88. The van der Waals surface area contributed by atoms with Crippen molar-refractivity contribution >= 4 is 0 Å². The topological polar surface area (TPSA) is 54.3 Å². The van der Waals surface area contributed by atoms with E-state index in [4.69, 9.17) is 14.8 Å². The first kappa shape index (κ1) is 11.4. The van der Waals surface area contributed by atoms with Crippen LogP contribution in [0.15, 0.2) is 0 Å². The van der Waals surface area contributed by atoms with E-state index in [1.54, 1.807) is 7.11 Å². The molecule has 0 aromatic rings. The standard InChI is InChI=1S/C10H18N2O2/c1-13-6-7-14-12-10-5-3-2-4-9(10)8-11/h9-10,12H,2-7H2,1H3. The number of hydrogen-bond acceptors (Lipinski definition) is 4. The van der Waals surface area contributed by atoms with Gasteiger partial charge in [0, 0.05) is 13.2 Å². The molecule has 2 atom stereocenters. The number of nitriles is 1. The minimum absolute atomic E-state index is 0.103. The molecular formula is C10H18N2O2. The lowest BCUT2D eigenvalue weighted by atomic mass is 9.86. The quantitative estimate of drug-likeness (QED) is 0.533. The number of hydrogen-bond donors (Lipinski definition) is 1. The summed E-state index contributed by atoms with van der Waals surface area (Å²) in [5.41, 5.74) is 2.95. The maximum Gasteiger partial charge on any atom is 0.0916 e. The van der Waals surface area contributed by atoms with Crippen LogP contribution in [0.25, 0.3) is 0 Å². The molecule has 1 aliphatic rings. The number of nitrogens with one attached hydrogen (secondary N) is 1. The van der Waals surface area contributed by atoms with Crippen molar-refractivity contribution in [3.05, 3.63) is 0 Å². The summed E-state index contributed by atoms with van der Waals surface area (Å²) in [6, 6.07) is 2.52. The summed E-state index contributed by atoms with van der Waals surface area (Å²) in [6.07, 6.45) is 4.37. The fourth-order valence-electron chi connectivity index (χ4n) is 1.72. The lowest BCUT2D eigenvalue weighted by Gasteiger charge is -2.26. The van der Waals surface area contributed by atoms with E-state index >= 15 is 0 Å². The van der Waals surface area contributed by atoms with Gasteiger partial charge in [-0.3, -0.25) is 4.84 Å². The summed E-state index contributed by atoms with van der Waals surface area (Å²) in [6.45, 7) is 1.11. The van der Waals surface area contributed by atoms with Crippen molar-refractivity contribution < 1.29 is 9.57 Å². The summed E-state index contributed by atoms with van der Waals surface area (Å²) in [7, 11) is 1.64. The molecule has 0 saturated heterocycles. The zero-order chi connectivity index (χ0) is 10.2. The van der Waals surface area contributed by atoms with E-state index in [0.29, 0.717) is 13.2 Å². The Balaban J connectivity index is 2.17. The van der Waals surface area contributed by atoms with Gasteiger partial charge in [-0.2, -0.15) is 10.7 Å². The minimum Gasteiger partial charge on any atom is -0.382 e. The van der Waals surface area contributed by atoms with Crippen LogP contribution in [0, 0.1) is 17.2 Å². The maximum absolute atomic E-state index is 8.89. The molecule has 0 radical (unpaired) electrons. The Morgan fingerprint density at radius 1 is 1.36 bits per heavy atom. The van der Waals surface area contributed by atoms with Crippen molar-refractivity contribution in [2.24, 2.45) is 5.92 Å². The van der Waals surface area contributed by atoms with E-state index in [1.165, 1.54) is 6.42 Å². The van der Waals surface area contributed by atoms with Crippen LogP contribution in [0.3, 0.4) is 0 Å². The Kier molecular flexibility index (Phi) is 5.53. The number of hydroxylamine groups is 1. The van der Waals surface area contributed by atoms with Gasteiger partial charge in [0.25, 0.3) is 0 Å². The molecule has 0 amide bonds. The number of methoxy groups -OCH3 is 1. The van der Waals surface area contributed by atoms with Gasteiger partial charge < -0.3 is 4.74 Å². The largest absolute Gasteiger partial charge is 0.382 e. The fourth-order valence-corrected chi connectivity index (χ4v) is 1.72. The summed E-state index contributed by atoms with van der Waals surface area (Å²) >= 11 is 0. The Morgan fingerprint density at radius 2 is 2.14 bits per heavy atom. The highest BCUT2D eigenvalue weighted by atomic mass is 16.7. The molecule has 1 rings (SSSR count). The SMILES string of the molecule is COCCONC1CCCCC1C#N. The molecule has 1 fully saturated rings. The highest BCUT2D eigenvalue weighted by Crippen LogP contribution is 2.23. The molecule has 1 N–H and O–H groups in total. The zero-order valence-corrected chi connectivity index (χ0v) is 8.66. The van der Waals surface area contributed by atoms with Crippen LogP contribution >= 0.6 is 0 Å². The van der Waals surface area contributed by atoms with Crippen molar-refractivity contribution in [2.75, 3.05) is 20.3 Å². The van der Waals surface area contributed by atoms with E-state index in [9.17, 15) is 0 Å². The molecule has 4 nitrogen and oxygen atoms in total. The van der Waals surface area contributed by atoms with Crippen LogP contribution in [-0.2, 0) is 9.57 Å². The van der Waals surface area contributed by atoms with Gasteiger partial charge in [-0.1, -0.05) is 12.8 Å². The van der Waals surface area contributed by atoms with Gasteiger partial charge in [0.15, 0.2) is 0 Å². The minimum atomic E-state index is 0.103. The molecule has 0 aliphatic heterocycles. The molecular weight excluding hydrogens is 180 g/mol. The monoisotopic (exact) mass is 198 g/mol. The van der Waals surface area contributed by atoms with Gasteiger partial charge in [0.2, 0.25) is 0 Å². The van der Waals surface area contributed by atoms with Crippen molar-refractivity contribution in [2.45, 2.75) is 31.7 Å². The summed E-state index contributed by atoms with van der Waals surface area (Å²) in [4.78, 5) is 5.22. The molecule has 2 unspecified atom stereocenters. The molecule has 1 saturated carbocycles. The number of rotatable bonds is 5. The highest BCUT2D eigenvalue weighted by molar-refractivity contribution is 4.93. The average molecular weight is 198 g/mol. The van der Waals surface area contributed by atoms with Gasteiger partial charge in [-0.15, -0.1) is 0 Å². The van der Waals surface area contributed by atoms with E-state index in [2.05, 4.69) is 11.5 Å². The van der Waals surface area contributed by atoms with Crippen molar-refractivity contribution in [3.63, 3.8) is 0 Å². The molecule has 1 aliphatic carbocycles. The van der Waals surface area contributed by atoms with Crippen LogP contribution in [0.1, 0.15) is 25.7 Å². The number of ether oxygens (including phenoxy) is 1. The molecule has 0 heterocycles. The third kappa shape index (κ3) is 3.62. The fraction of sp³-hybridized carbons (Fsp3) is 0.900. The normalized spacial score (nSPS) is 27.1. The lowest BCUT2D eigenvalue weighted by Crippen LogP contribution is -2.38. The Bertz CT molecular complexity index is 191. The maximum atomic E-state index is 8.89. The van der Waals surface area contributed by atoms with E-state index < -0.39 is 0 Å². The Hall–Kier alpha value is -0.630. The van der Waals surface area contributed by atoms with Gasteiger partial charge in [0.1, 0.15) is 0 Å². The second-order valence-electron chi connectivity index (χ2n) is 3.59. The molecule has 80 valence electrons. The molecule has 0 bridgehead atoms. The van der Waals surface area contributed by atoms with Crippen LogP contribution in [0.2, 0.25) is 0 Å². The van der Waals surface area contributed by atoms with Gasteiger partial charge in [0.05, 0.1) is 25.2 Å². The lowest BCUT2D eigenvalue weighted by molar-refractivity contribution is -0.0248. The van der Waals surface area contributed by atoms with Crippen molar-refractivity contribution in [1.82, 2.24) is 5.48 Å². The van der Waals surface area contributed by atoms with Crippen LogP contribution in [0.4, 0.5) is 0 Å². The third-order valence-electron chi connectivity index (χ3n) is 2.56. The molecule has 0 aromatic carbocycles. The molecule has 14 heavy (non-hydrogen) atoms. The molecule has 0 aromatic heterocycles. The van der Waals surface area contributed by atoms with E-state index in [-0.39, 0.29) is 12.0 Å². The van der Waals surface area contributed by atoms with Crippen LogP contribution < -0.4 is 5.48 Å². The first-order valence-corrected chi connectivity index (χ1v) is 5.14. The summed E-state index contributed by atoms with van der Waals surface area (Å²) in [5, 5.41) is 8.89. The van der Waals surface area contributed by atoms with Crippen molar-refractivity contribution in [3.8, 4) is 6.07 Å². The summed E-state index contributed by atoms with van der Waals surface area (Å²) < 4.78 is 4.85. The second kappa shape index (κ2) is 6.77. The Labute approximate surface area is 85.1 Å². The average Bonchev–Trinajstić information content (AvgIpc) is 2.25. The highest BCUT2D eigenvalue weighted by Gasteiger charge is 2.24. The molecule has 0 spiro atoms. The van der Waals surface area contributed by atoms with Gasteiger partial charge >= 0.3 is 0 Å². The van der Waals surface area contributed by atoms with E-state index in [1.807, 2.05) is 0 Å². The van der Waals surface area contributed by atoms with Crippen LogP contribution in [0.5, 0.6) is 0 Å². The smallest absolute Gasteiger partial charge is 0.0916 e. The van der Waals surface area contributed by atoms with Gasteiger partial charge in [-0.25, -0.2) is 0 Å². The zero-order valence-electron chi connectivity index (χ0n) is 8.66. The van der Waals surface area contributed by atoms with Crippen molar-refractivity contribution in [1.29, 1.82) is 5.26 Å². The first-order valence-electron chi connectivity index (χ1n) is 5.14. The second-order valence-corrected chi connectivity index (χ2v) is 3.59. The Morgan fingerprint density at radius 3 is 2.86 bits per heavy atom. The molecule has 4 heteroatoms. The number of nitrogens with zero attached hydrogens (tertiary/aromatic N) is 1. The van der Waals surface area contributed by atoms with Crippen LogP contribution in [-0.4, -0.2) is 26.4 Å². The van der Waals surface area contributed by atoms with E-state index in [0.717, 1.165) is 19.3 Å². The predicted octanol–water partition coefficient (Wildman–Crippen LogP) is 1.24. The van der Waals surface area contributed by atoms with Gasteiger partial charge in [-0.05, 0) is 12.8 Å².